The second-order valence-electron chi connectivity index (χ2n) is 3.48. The fourth-order valence-corrected chi connectivity index (χ4v) is 2.23. The minimum atomic E-state index is -3.28. The Balaban J connectivity index is 2.62. The second kappa shape index (κ2) is 3.34. The highest BCUT2D eigenvalue weighted by molar-refractivity contribution is 7.91. The summed E-state index contributed by atoms with van der Waals surface area (Å²) in [6.45, 7) is 0. The molecule has 0 aliphatic rings. The molecule has 79 valence electrons. The van der Waals surface area contributed by atoms with Gasteiger partial charge >= 0.3 is 0 Å². The van der Waals surface area contributed by atoms with Crippen molar-refractivity contribution in [2.75, 3.05) is 0 Å². The van der Waals surface area contributed by atoms with Crippen molar-refractivity contribution in [3.63, 3.8) is 0 Å². The van der Waals surface area contributed by atoms with E-state index in [4.69, 9.17) is 0 Å². The summed E-state index contributed by atoms with van der Waals surface area (Å²) >= 11 is 0. The minimum Gasteiger partial charge on any atom is -0.268 e. The first kappa shape index (κ1) is 10.2. The van der Waals surface area contributed by atoms with Crippen LogP contribution in [0.3, 0.4) is 0 Å². The van der Waals surface area contributed by atoms with Gasteiger partial charge in [0, 0.05) is 12.4 Å². The van der Waals surface area contributed by atoms with Gasteiger partial charge in [-0.1, -0.05) is 18.2 Å². The van der Waals surface area contributed by atoms with E-state index in [1.165, 1.54) is 0 Å². The summed E-state index contributed by atoms with van der Waals surface area (Å²) in [6, 6.07) is 7.53. The van der Waals surface area contributed by atoms with Gasteiger partial charge in [-0.25, -0.2) is 8.42 Å². The van der Waals surface area contributed by atoms with Gasteiger partial charge in [0.2, 0.25) is 0 Å². The van der Waals surface area contributed by atoms with Crippen LogP contribution in [0.1, 0.15) is 5.69 Å². The molecule has 0 aliphatic heterocycles. The Morgan fingerprint density at radius 3 is 2.73 bits per heavy atom. The molecule has 0 saturated heterocycles. The van der Waals surface area contributed by atoms with E-state index in [0.29, 0.717) is 5.69 Å². The van der Waals surface area contributed by atoms with Gasteiger partial charge in [0.15, 0.2) is 9.84 Å². The van der Waals surface area contributed by atoms with Crippen LogP contribution in [0.4, 0.5) is 0 Å². The molecular weight excluding hydrogens is 212 g/mol. The Labute approximate surface area is 88.4 Å². The molecular formula is C10H11N2O2S. The molecule has 2 aromatic rings. The summed E-state index contributed by atoms with van der Waals surface area (Å²) in [5.74, 6) is -0.117. The molecule has 0 atom stereocenters. The Bertz CT molecular complexity index is 599. The lowest BCUT2D eigenvalue weighted by molar-refractivity contribution is 0.602. The lowest BCUT2D eigenvalue weighted by atomic mass is 10.2. The molecule has 0 bridgehead atoms. The maximum Gasteiger partial charge on any atom is 0.157 e. The number of benzene rings is 1. The molecule has 0 spiro atoms. The predicted molar refractivity (Wildman–Crippen MR) is 58.7 cm³/mol. The van der Waals surface area contributed by atoms with Gasteiger partial charge < -0.3 is 0 Å². The molecule has 5 heteroatoms. The first-order valence-electron chi connectivity index (χ1n) is 4.44. The van der Waals surface area contributed by atoms with Crippen molar-refractivity contribution in [3.05, 3.63) is 36.2 Å². The van der Waals surface area contributed by atoms with E-state index in [-0.39, 0.29) is 5.75 Å². The van der Waals surface area contributed by atoms with E-state index in [2.05, 4.69) is 11.4 Å². The number of fused-ring (bicyclic) bond motifs is 1. The molecule has 1 aromatic heterocycles. The number of hydrogen-bond acceptors (Lipinski definition) is 3. The van der Waals surface area contributed by atoms with Gasteiger partial charge in [-0.05, 0) is 6.07 Å². The maximum absolute atomic E-state index is 11.1. The van der Waals surface area contributed by atoms with Crippen molar-refractivity contribution in [3.8, 4) is 0 Å². The molecule has 15 heavy (non-hydrogen) atoms. The molecule has 1 radical (unpaired) electrons. The van der Waals surface area contributed by atoms with Crippen LogP contribution >= 0.6 is 0 Å². The third-order valence-electron chi connectivity index (χ3n) is 2.19. The highest BCUT2D eigenvalue weighted by atomic mass is 32.2. The van der Waals surface area contributed by atoms with Crippen LogP contribution < -0.4 is 0 Å². The lowest BCUT2D eigenvalue weighted by Crippen LogP contribution is -2.00. The van der Waals surface area contributed by atoms with Crippen LogP contribution in [-0.4, -0.2) is 18.2 Å². The summed E-state index contributed by atoms with van der Waals surface area (Å²) in [5, 5.41) is 5.04. The number of sulfone groups is 1. The SMILES string of the molecule is [CH2]S(=O)(=O)Cc1nn(C)c2ccccc12. The Kier molecular flexibility index (Phi) is 2.26. The average molecular weight is 223 g/mol. The topological polar surface area (TPSA) is 52.0 Å². The van der Waals surface area contributed by atoms with Crippen molar-refractivity contribution in [2.45, 2.75) is 5.75 Å². The van der Waals surface area contributed by atoms with Gasteiger partial charge in [-0.15, -0.1) is 0 Å². The van der Waals surface area contributed by atoms with Crippen molar-refractivity contribution in [2.24, 2.45) is 7.05 Å². The van der Waals surface area contributed by atoms with Crippen LogP contribution in [0, 0.1) is 6.26 Å². The molecule has 0 aliphatic carbocycles. The standard InChI is InChI=1S/C10H11N2O2S/c1-12-10-6-4-3-5-8(10)9(11-12)7-15(2,13)14/h3-6H,2,7H2,1H3. The van der Waals surface area contributed by atoms with Crippen molar-refractivity contribution < 1.29 is 8.42 Å². The molecule has 0 amide bonds. The van der Waals surface area contributed by atoms with Crippen molar-refractivity contribution >= 4 is 20.7 Å². The normalized spacial score (nSPS) is 12.1. The second-order valence-corrected chi connectivity index (χ2v) is 5.25. The smallest absolute Gasteiger partial charge is 0.157 e. The summed E-state index contributed by atoms with van der Waals surface area (Å²) in [4.78, 5) is 0. The zero-order valence-electron chi connectivity index (χ0n) is 8.34. The van der Waals surface area contributed by atoms with E-state index in [0.717, 1.165) is 10.9 Å². The monoisotopic (exact) mass is 223 g/mol. The fourth-order valence-electron chi connectivity index (χ4n) is 1.60. The molecule has 4 nitrogen and oxygen atoms in total. The third kappa shape index (κ3) is 2.02. The molecule has 0 unspecified atom stereocenters. The van der Waals surface area contributed by atoms with E-state index in [1.807, 2.05) is 24.3 Å². The summed E-state index contributed by atoms with van der Waals surface area (Å²) in [6.07, 6.45) is 3.10. The van der Waals surface area contributed by atoms with Gasteiger partial charge in [0.1, 0.15) is 0 Å². The third-order valence-corrected chi connectivity index (χ3v) is 2.90. The van der Waals surface area contributed by atoms with Crippen molar-refractivity contribution in [1.82, 2.24) is 9.78 Å². The van der Waals surface area contributed by atoms with E-state index in [1.54, 1.807) is 11.7 Å². The van der Waals surface area contributed by atoms with Gasteiger partial charge in [0.25, 0.3) is 0 Å². The molecule has 0 N–H and O–H groups in total. The Morgan fingerprint density at radius 1 is 1.40 bits per heavy atom. The van der Waals surface area contributed by atoms with Crippen LogP contribution in [0.25, 0.3) is 10.9 Å². The zero-order chi connectivity index (χ0) is 11.1. The fraction of sp³-hybridized carbons (Fsp3) is 0.200. The van der Waals surface area contributed by atoms with Gasteiger partial charge in [0.05, 0.1) is 23.2 Å². The van der Waals surface area contributed by atoms with Crippen molar-refractivity contribution in [1.29, 1.82) is 0 Å². The largest absolute Gasteiger partial charge is 0.268 e. The van der Waals surface area contributed by atoms with Gasteiger partial charge in [-0.3, -0.25) is 4.68 Å². The predicted octanol–water partition coefficient (Wildman–Crippen LogP) is 1.28. The highest BCUT2D eigenvalue weighted by Gasteiger charge is 2.12. The molecule has 2 rings (SSSR count). The highest BCUT2D eigenvalue weighted by Crippen LogP contribution is 2.19. The quantitative estimate of drug-likeness (QED) is 0.770. The van der Waals surface area contributed by atoms with Crippen LogP contribution in [0.5, 0.6) is 0 Å². The van der Waals surface area contributed by atoms with Crippen LogP contribution in [0.15, 0.2) is 24.3 Å². The zero-order valence-corrected chi connectivity index (χ0v) is 9.16. The first-order valence-corrected chi connectivity index (χ1v) is 6.26. The Morgan fingerprint density at radius 2 is 2.07 bits per heavy atom. The average Bonchev–Trinajstić information content (AvgIpc) is 2.42. The number of aryl methyl sites for hydroxylation is 1. The molecule has 0 fully saturated rings. The molecule has 0 saturated carbocycles. The van der Waals surface area contributed by atoms with E-state index in [9.17, 15) is 8.42 Å². The number of para-hydroxylation sites is 1. The summed E-state index contributed by atoms with van der Waals surface area (Å²) in [5.41, 5.74) is 1.49. The first-order chi connectivity index (χ1) is 6.97. The Hall–Kier alpha value is -1.36. The van der Waals surface area contributed by atoms with E-state index < -0.39 is 9.84 Å². The lowest BCUT2D eigenvalue weighted by Gasteiger charge is -1.93. The van der Waals surface area contributed by atoms with Crippen LogP contribution in [0.2, 0.25) is 0 Å². The molecule has 1 heterocycles. The number of hydrogen-bond donors (Lipinski definition) is 0. The number of aromatic nitrogens is 2. The maximum atomic E-state index is 11.1. The summed E-state index contributed by atoms with van der Waals surface area (Å²) in [7, 11) is -1.49. The number of rotatable bonds is 2. The number of nitrogens with zero attached hydrogens (tertiary/aromatic N) is 2. The minimum absolute atomic E-state index is 0.117. The summed E-state index contributed by atoms with van der Waals surface area (Å²) < 4.78 is 23.9. The van der Waals surface area contributed by atoms with Gasteiger partial charge in [-0.2, -0.15) is 5.10 Å². The molecule has 1 aromatic carbocycles. The van der Waals surface area contributed by atoms with E-state index >= 15 is 0 Å². The van der Waals surface area contributed by atoms with Crippen LogP contribution in [-0.2, 0) is 22.6 Å².